The number of aryl methyl sites for hydroxylation is 1. The number of carbonyl (C=O) groups excluding carboxylic acids is 1. The van der Waals surface area contributed by atoms with Gasteiger partial charge >= 0.3 is 6.18 Å². The van der Waals surface area contributed by atoms with E-state index >= 15 is 0 Å². The fourth-order valence-electron chi connectivity index (χ4n) is 2.88. The zero-order chi connectivity index (χ0) is 20.8. The third-order valence-corrected chi connectivity index (χ3v) is 4.21. The molecule has 0 radical (unpaired) electrons. The minimum Gasteiger partial charge on any atom is -0.339 e. The van der Waals surface area contributed by atoms with Crippen molar-refractivity contribution in [2.75, 3.05) is 5.32 Å². The molecule has 2 N–H and O–H groups in total. The van der Waals surface area contributed by atoms with E-state index in [4.69, 9.17) is 0 Å². The second-order valence-electron chi connectivity index (χ2n) is 6.17. The zero-order valence-electron chi connectivity index (χ0n) is 14.8. The number of nitrogens with one attached hydrogen (secondary N) is 2. The maximum absolute atomic E-state index is 13.3. The summed E-state index contributed by atoms with van der Waals surface area (Å²) in [5.74, 6) is -1.28. The third kappa shape index (κ3) is 3.53. The number of benzene rings is 1. The topological polar surface area (TPSA) is 88.5 Å². The van der Waals surface area contributed by atoms with Crippen LogP contribution in [0.4, 0.5) is 23.4 Å². The second kappa shape index (κ2) is 6.69. The number of pyridine rings is 1. The number of hydrogen-bond acceptors (Lipinski definition) is 4. The number of H-pyrrole nitrogens is 1. The second-order valence-corrected chi connectivity index (χ2v) is 6.17. The van der Waals surface area contributed by atoms with E-state index in [1.807, 2.05) is 0 Å². The SMILES string of the molecule is Cn1ncnc1C(=O)Nc1ccc2cc(-c3ccc(F)cc3C(F)(F)F)[nH]c2n1. The molecule has 0 spiro atoms. The van der Waals surface area contributed by atoms with Crippen LogP contribution in [-0.2, 0) is 13.2 Å². The summed E-state index contributed by atoms with van der Waals surface area (Å²) in [5.41, 5.74) is -0.925. The number of rotatable bonds is 3. The molecule has 4 aromatic rings. The number of alkyl halides is 3. The molecule has 148 valence electrons. The molecule has 3 heterocycles. The first-order chi connectivity index (χ1) is 13.7. The number of carbonyl (C=O) groups is 1. The zero-order valence-corrected chi connectivity index (χ0v) is 14.8. The Bertz CT molecular complexity index is 1230. The Hall–Kier alpha value is -3.76. The van der Waals surface area contributed by atoms with Crippen molar-refractivity contribution in [3.63, 3.8) is 0 Å². The van der Waals surface area contributed by atoms with Gasteiger partial charge in [-0.05, 0) is 36.4 Å². The van der Waals surface area contributed by atoms with Gasteiger partial charge in [0.1, 0.15) is 23.6 Å². The lowest BCUT2D eigenvalue weighted by molar-refractivity contribution is -0.137. The van der Waals surface area contributed by atoms with Gasteiger partial charge in [0.05, 0.1) is 5.56 Å². The number of aromatic amines is 1. The highest BCUT2D eigenvalue weighted by Gasteiger charge is 2.34. The summed E-state index contributed by atoms with van der Waals surface area (Å²) in [5, 5.41) is 6.87. The lowest BCUT2D eigenvalue weighted by atomic mass is 10.0. The largest absolute Gasteiger partial charge is 0.417 e. The number of aromatic nitrogens is 5. The van der Waals surface area contributed by atoms with E-state index in [0.29, 0.717) is 11.5 Å². The maximum Gasteiger partial charge on any atom is 0.417 e. The van der Waals surface area contributed by atoms with E-state index in [1.54, 1.807) is 13.1 Å². The van der Waals surface area contributed by atoms with Crippen molar-refractivity contribution in [3.05, 3.63) is 59.9 Å². The first kappa shape index (κ1) is 18.6. The summed E-state index contributed by atoms with van der Waals surface area (Å²) in [7, 11) is 1.55. The number of hydrogen-bond donors (Lipinski definition) is 2. The van der Waals surface area contributed by atoms with E-state index in [-0.39, 0.29) is 28.5 Å². The first-order valence-corrected chi connectivity index (χ1v) is 8.24. The molecule has 0 aliphatic carbocycles. The van der Waals surface area contributed by atoms with Gasteiger partial charge in [0.15, 0.2) is 0 Å². The van der Waals surface area contributed by atoms with Crippen LogP contribution in [-0.4, -0.2) is 30.6 Å². The van der Waals surface area contributed by atoms with Crippen LogP contribution in [0.25, 0.3) is 22.3 Å². The van der Waals surface area contributed by atoms with Crippen LogP contribution in [0, 0.1) is 5.82 Å². The monoisotopic (exact) mass is 404 g/mol. The van der Waals surface area contributed by atoms with E-state index in [1.165, 1.54) is 23.1 Å². The summed E-state index contributed by atoms with van der Waals surface area (Å²) in [6, 6.07) is 7.02. The van der Waals surface area contributed by atoms with Gasteiger partial charge in [-0.1, -0.05) is 0 Å². The lowest BCUT2D eigenvalue weighted by Gasteiger charge is -2.11. The highest BCUT2D eigenvalue weighted by molar-refractivity contribution is 6.01. The molecule has 0 bridgehead atoms. The Morgan fingerprint density at radius 2 is 1.97 bits per heavy atom. The molecule has 29 heavy (non-hydrogen) atoms. The fourth-order valence-corrected chi connectivity index (χ4v) is 2.88. The van der Waals surface area contributed by atoms with Gasteiger partial charge in [-0.2, -0.15) is 18.3 Å². The average Bonchev–Trinajstić information content (AvgIpc) is 3.26. The van der Waals surface area contributed by atoms with Crippen LogP contribution < -0.4 is 5.32 Å². The number of amides is 1. The fraction of sp³-hybridized carbons (Fsp3) is 0.111. The third-order valence-electron chi connectivity index (χ3n) is 4.21. The Morgan fingerprint density at radius 1 is 1.17 bits per heavy atom. The van der Waals surface area contributed by atoms with Gasteiger partial charge in [-0.3, -0.25) is 4.79 Å². The Labute approximate surface area is 160 Å². The molecule has 4 rings (SSSR count). The van der Waals surface area contributed by atoms with Crippen molar-refractivity contribution >= 4 is 22.8 Å². The van der Waals surface area contributed by atoms with E-state index in [0.717, 1.165) is 12.1 Å². The number of nitrogens with zero attached hydrogens (tertiary/aromatic N) is 4. The molecule has 0 fully saturated rings. The number of fused-ring (bicyclic) bond motifs is 1. The summed E-state index contributed by atoms with van der Waals surface area (Å²) in [6.07, 6.45) is -3.50. The van der Waals surface area contributed by atoms with Gasteiger partial charge in [0, 0.05) is 23.7 Å². The number of halogens is 4. The Morgan fingerprint density at radius 3 is 2.66 bits per heavy atom. The highest BCUT2D eigenvalue weighted by atomic mass is 19.4. The van der Waals surface area contributed by atoms with Crippen molar-refractivity contribution in [1.29, 1.82) is 0 Å². The smallest absolute Gasteiger partial charge is 0.339 e. The molecule has 3 aromatic heterocycles. The highest BCUT2D eigenvalue weighted by Crippen LogP contribution is 2.38. The molecule has 0 saturated carbocycles. The van der Waals surface area contributed by atoms with Crippen molar-refractivity contribution in [1.82, 2.24) is 24.7 Å². The minimum atomic E-state index is -4.72. The normalized spacial score (nSPS) is 11.8. The molecule has 1 amide bonds. The number of anilines is 1. The molecule has 11 heteroatoms. The molecule has 7 nitrogen and oxygen atoms in total. The standard InChI is InChI=1S/C18H12F4N6O/c1-28-16(23-8-24-28)17(29)27-14-5-2-9-6-13(25-15(9)26-14)11-4-3-10(19)7-12(11)18(20,21)22/h2-8H,1H3,(H2,25,26,27,29). The van der Waals surface area contributed by atoms with Crippen LogP contribution in [0.5, 0.6) is 0 Å². The first-order valence-electron chi connectivity index (χ1n) is 8.24. The summed E-state index contributed by atoms with van der Waals surface area (Å²) < 4.78 is 54.5. The Kier molecular flexibility index (Phi) is 4.29. The van der Waals surface area contributed by atoms with Gasteiger partial charge < -0.3 is 10.3 Å². The van der Waals surface area contributed by atoms with Crippen molar-refractivity contribution in [2.24, 2.45) is 7.05 Å². The van der Waals surface area contributed by atoms with Crippen LogP contribution in [0.1, 0.15) is 16.2 Å². The van der Waals surface area contributed by atoms with Gasteiger partial charge in [-0.15, -0.1) is 0 Å². The molecule has 0 aliphatic heterocycles. The minimum absolute atomic E-state index is 0.0696. The molecule has 1 aromatic carbocycles. The molecule has 0 unspecified atom stereocenters. The Balaban J connectivity index is 1.70. The molecule has 0 saturated heterocycles. The van der Waals surface area contributed by atoms with Crippen LogP contribution >= 0.6 is 0 Å². The molecular weight excluding hydrogens is 392 g/mol. The van der Waals surface area contributed by atoms with Crippen LogP contribution in [0.3, 0.4) is 0 Å². The summed E-state index contributed by atoms with van der Waals surface area (Å²) >= 11 is 0. The van der Waals surface area contributed by atoms with Crippen molar-refractivity contribution in [3.8, 4) is 11.3 Å². The van der Waals surface area contributed by atoms with Crippen molar-refractivity contribution in [2.45, 2.75) is 6.18 Å². The van der Waals surface area contributed by atoms with Crippen molar-refractivity contribution < 1.29 is 22.4 Å². The molecule has 0 atom stereocenters. The van der Waals surface area contributed by atoms with E-state index in [9.17, 15) is 22.4 Å². The van der Waals surface area contributed by atoms with Gasteiger partial charge in [0.25, 0.3) is 5.91 Å². The predicted molar refractivity (Wildman–Crippen MR) is 95.4 cm³/mol. The van der Waals surface area contributed by atoms with E-state index < -0.39 is 23.5 Å². The predicted octanol–water partition coefficient (Wildman–Crippen LogP) is 3.77. The average molecular weight is 404 g/mol. The van der Waals surface area contributed by atoms with Gasteiger partial charge in [-0.25, -0.2) is 19.0 Å². The maximum atomic E-state index is 13.3. The molecule has 0 aliphatic rings. The van der Waals surface area contributed by atoms with Gasteiger partial charge in [0.2, 0.25) is 5.82 Å². The summed E-state index contributed by atoms with van der Waals surface area (Å²) in [6.45, 7) is 0. The quantitative estimate of drug-likeness (QED) is 0.509. The lowest BCUT2D eigenvalue weighted by Crippen LogP contribution is -2.18. The van der Waals surface area contributed by atoms with Crippen LogP contribution in [0.15, 0.2) is 42.7 Å². The molecular formula is C18H12F4N6O. The van der Waals surface area contributed by atoms with Crippen LogP contribution in [0.2, 0.25) is 0 Å². The van der Waals surface area contributed by atoms with E-state index in [2.05, 4.69) is 25.4 Å². The summed E-state index contributed by atoms with van der Waals surface area (Å²) in [4.78, 5) is 23.0.